The summed E-state index contributed by atoms with van der Waals surface area (Å²) in [4.78, 5) is 9.67. The second-order valence-electron chi connectivity index (χ2n) is 6.59. The van der Waals surface area contributed by atoms with Crippen molar-refractivity contribution in [1.82, 2.24) is 29.9 Å². The molecule has 29 heavy (non-hydrogen) atoms. The lowest BCUT2D eigenvalue weighted by atomic mass is 10.1. The van der Waals surface area contributed by atoms with E-state index in [0.29, 0.717) is 18.2 Å². The van der Waals surface area contributed by atoms with E-state index < -0.39 is 0 Å². The molecule has 0 aliphatic carbocycles. The van der Waals surface area contributed by atoms with Crippen LogP contribution >= 0.6 is 0 Å². The van der Waals surface area contributed by atoms with Crippen LogP contribution in [0.3, 0.4) is 0 Å². The number of hydrogen-bond acceptors (Lipinski definition) is 6. The first kappa shape index (κ1) is 17.2. The molecule has 0 atom stereocenters. The number of fused-ring (bicyclic) bond motifs is 2. The van der Waals surface area contributed by atoms with E-state index in [2.05, 4.69) is 20.6 Å². The van der Waals surface area contributed by atoms with Crippen LogP contribution in [0.5, 0.6) is 5.75 Å². The van der Waals surface area contributed by atoms with E-state index in [1.807, 2.05) is 54.1 Å². The molecule has 0 unspecified atom stereocenters. The van der Waals surface area contributed by atoms with E-state index >= 15 is 0 Å². The van der Waals surface area contributed by atoms with Gasteiger partial charge < -0.3 is 10.1 Å². The number of hydrogen-bond donors (Lipinski definition) is 2. The van der Waals surface area contributed by atoms with Gasteiger partial charge in [0.25, 0.3) is 0 Å². The Labute approximate surface area is 166 Å². The highest BCUT2D eigenvalue weighted by Crippen LogP contribution is 2.31. The number of aromatic nitrogens is 6. The summed E-state index contributed by atoms with van der Waals surface area (Å²) in [5.74, 6) is 2.08. The Kier molecular flexibility index (Phi) is 4.09. The maximum Gasteiger partial charge on any atom is 0.164 e. The molecule has 0 aliphatic rings. The maximum absolute atomic E-state index is 5.33. The van der Waals surface area contributed by atoms with Crippen LogP contribution in [0.2, 0.25) is 0 Å². The number of benzene rings is 2. The lowest BCUT2D eigenvalue weighted by molar-refractivity contribution is 0.415. The molecule has 0 fully saturated rings. The number of aromatic amines is 1. The van der Waals surface area contributed by atoms with Gasteiger partial charge in [-0.2, -0.15) is 10.2 Å². The van der Waals surface area contributed by atoms with E-state index in [4.69, 9.17) is 14.7 Å². The molecule has 0 spiro atoms. The highest BCUT2D eigenvalue weighted by atomic mass is 16.5. The van der Waals surface area contributed by atoms with Crippen molar-refractivity contribution in [3.63, 3.8) is 0 Å². The van der Waals surface area contributed by atoms with Crippen molar-refractivity contribution in [3.05, 3.63) is 54.9 Å². The Bertz CT molecular complexity index is 1320. The van der Waals surface area contributed by atoms with Gasteiger partial charge in [0.15, 0.2) is 11.5 Å². The second-order valence-corrected chi connectivity index (χ2v) is 6.59. The molecule has 8 heteroatoms. The molecule has 0 amide bonds. The molecular formula is C21H19N7O. The molecule has 0 saturated heterocycles. The maximum atomic E-state index is 5.33. The number of nitrogens with zero attached hydrogens (tertiary/aromatic N) is 5. The van der Waals surface area contributed by atoms with Crippen LogP contribution in [0.25, 0.3) is 33.3 Å². The van der Waals surface area contributed by atoms with E-state index in [9.17, 15) is 0 Å². The number of methoxy groups -OCH3 is 1. The zero-order valence-corrected chi connectivity index (χ0v) is 16.0. The molecule has 0 bridgehead atoms. The van der Waals surface area contributed by atoms with Gasteiger partial charge in [0.05, 0.1) is 30.4 Å². The third-order valence-electron chi connectivity index (χ3n) is 4.85. The Hall–Kier alpha value is -3.94. The van der Waals surface area contributed by atoms with E-state index in [1.54, 1.807) is 19.5 Å². The van der Waals surface area contributed by atoms with Crippen LogP contribution in [0, 0.1) is 0 Å². The molecule has 2 aromatic carbocycles. The molecule has 3 heterocycles. The average Bonchev–Trinajstić information content (AvgIpc) is 3.40. The minimum Gasteiger partial charge on any atom is -0.497 e. The zero-order valence-electron chi connectivity index (χ0n) is 16.0. The standard InChI is InChI=1S/C21H19N7O/c1-3-28-21-17(12-23-28)20(24-13-6-4-7-14(10-13)29-2)25-19(26-21)15-8-5-9-18-16(15)11-22-27-18/h4-12H,3H2,1-2H3,(H,22,27)(H,24,25,26). The van der Waals surface area contributed by atoms with Crippen molar-refractivity contribution in [1.29, 1.82) is 0 Å². The number of aryl methyl sites for hydroxylation is 1. The Morgan fingerprint density at radius 1 is 1.07 bits per heavy atom. The van der Waals surface area contributed by atoms with Crippen LogP contribution in [-0.2, 0) is 6.54 Å². The molecule has 2 N–H and O–H groups in total. The number of rotatable bonds is 5. The first-order chi connectivity index (χ1) is 14.3. The molecule has 3 aromatic heterocycles. The molecular weight excluding hydrogens is 366 g/mol. The van der Waals surface area contributed by atoms with Gasteiger partial charge in [0.2, 0.25) is 0 Å². The van der Waals surface area contributed by atoms with Gasteiger partial charge in [-0.15, -0.1) is 0 Å². The van der Waals surface area contributed by atoms with E-state index in [1.165, 1.54) is 0 Å². The lowest BCUT2D eigenvalue weighted by Gasteiger charge is -2.11. The first-order valence-corrected chi connectivity index (χ1v) is 9.34. The van der Waals surface area contributed by atoms with Crippen molar-refractivity contribution in [2.24, 2.45) is 0 Å². The number of H-pyrrole nitrogens is 1. The van der Waals surface area contributed by atoms with Gasteiger partial charge >= 0.3 is 0 Å². The summed E-state index contributed by atoms with van der Waals surface area (Å²) in [5.41, 5.74) is 3.51. The minimum absolute atomic E-state index is 0.616. The predicted molar refractivity (Wildman–Crippen MR) is 112 cm³/mol. The second kappa shape index (κ2) is 6.90. The summed E-state index contributed by atoms with van der Waals surface area (Å²) in [6, 6.07) is 13.7. The van der Waals surface area contributed by atoms with Crippen molar-refractivity contribution in [3.8, 4) is 17.1 Å². The van der Waals surface area contributed by atoms with Crippen molar-refractivity contribution < 1.29 is 4.74 Å². The largest absolute Gasteiger partial charge is 0.497 e. The molecule has 144 valence electrons. The first-order valence-electron chi connectivity index (χ1n) is 9.34. The number of anilines is 2. The van der Waals surface area contributed by atoms with Crippen LogP contribution in [0.1, 0.15) is 6.92 Å². The highest BCUT2D eigenvalue weighted by Gasteiger charge is 2.16. The third kappa shape index (κ3) is 2.94. The van der Waals surface area contributed by atoms with Gasteiger partial charge in [-0.05, 0) is 25.1 Å². The van der Waals surface area contributed by atoms with E-state index in [0.717, 1.165) is 38.9 Å². The van der Waals surface area contributed by atoms with Gasteiger partial charge in [-0.25, -0.2) is 14.6 Å². The Balaban J connectivity index is 1.70. The topological polar surface area (TPSA) is 93.5 Å². The van der Waals surface area contributed by atoms with Crippen molar-refractivity contribution in [2.45, 2.75) is 13.5 Å². The summed E-state index contributed by atoms with van der Waals surface area (Å²) in [5, 5.41) is 16.9. The average molecular weight is 385 g/mol. The molecule has 5 rings (SSSR count). The van der Waals surface area contributed by atoms with Gasteiger partial charge in [0.1, 0.15) is 11.6 Å². The zero-order chi connectivity index (χ0) is 19.8. The summed E-state index contributed by atoms with van der Waals surface area (Å²) < 4.78 is 7.20. The summed E-state index contributed by atoms with van der Waals surface area (Å²) in [6.07, 6.45) is 3.59. The van der Waals surface area contributed by atoms with Crippen molar-refractivity contribution in [2.75, 3.05) is 12.4 Å². The Morgan fingerprint density at radius 2 is 1.97 bits per heavy atom. The summed E-state index contributed by atoms with van der Waals surface area (Å²) in [6.45, 7) is 2.76. The SMILES string of the molecule is CCn1ncc2c(Nc3cccc(OC)c3)nc(-c3cccc4[nH]ncc34)nc21. The van der Waals surface area contributed by atoms with Gasteiger partial charge in [-0.3, -0.25) is 5.10 Å². The number of nitrogens with one attached hydrogen (secondary N) is 2. The smallest absolute Gasteiger partial charge is 0.164 e. The fraction of sp³-hybridized carbons (Fsp3) is 0.143. The predicted octanol–water partition coefficient (Wildman–Crippen LogP) is 4.14. The fourth-order valence-corrected chi connectivity index (χ4v) is 3.40. The molecule has 5 aromatic rings. The normalized spacial score (nSPS) is 11.2. The Morgan fingerprint density at radius 3 is 2.83 bits per heavy atom. The lowest BCUT2D eigenvalue weighted by Crippen LogP contribution is -2.02. The highest BCUT2D eigenvalue weighted by molar-refractivity contribution is 5.95. The molecule has 8 nitrogen and oxygen atoms in total. The minimum atomic E-state index is 0.616. The molecule has 0 radical (unpaired) electrons. The van der Waals surface area contributed by atoms with E-state index in [-0.39, 0.29) is 0 Å². The number of ether oxygens (including phenoxy) is 1. The quantitative estimate of drug-likeness (QED) is 0.472. The fourth-order valence-electron chi connectivity index (χ4n) is 3.40. The summed E-state index contributed by atoms with van der Waals surface area (Å²) >= 11 is 0. The van der Waals surface area contributed by atoms with Crippen LogP contribution < -0.4 is 10.1 Å². The van der Waals surface area contributed by atoms with Crippen LogP contribution in [-0.4, -0.2) is 37.1 Å². The monoisotopic (exact) mass is 385 g/mol. The van der Waals surface area contributed by atoms with Crippen LogP contribution in [0.15, 0.2) is 54.9 Å². The van der Waals surface area contributed by atoms with Crippen LogP contribution in [0.4, 0.5) is 11.5 Å². The molecule has 0 saturated carbocycles. The van der Waals surface area contributed by atoms with Gasteiger partial charge in [-0.1, -0.05) is 18.2 Å². The summed E-state index contributed by atoms with van der Waals surface area (Å²) in [7, 11) is 1.65. The molecule has 0 aliphatic heterocycles. The van der Waals surface area contributed by atoms with Crippen molar-refractivity contribution >= 4 is 33.4 Å². The third-order valence-corrected chi connectivity index (χ3v) is 4.85. The van der Waals surface area contributed by atoms with Gasteiger partial charge in [0, 0.05) is 29.2 Å².